The summed E-state index contributed by atoms with van der Waals surface area (Å²) in [5.74, 6) is 1.07. The lowest BCUT2D eigenvalue weighted by molar-refractivity contribution is -0.137. The Morgan fingerprint density at radius 1 is 1.40 bits per heavy atom. The number of aliphatic carboxylic acids is 1. The first-order valence-corrected chi connectivity index (χ1v) is 7.52. The fourth-order valence-electron chi connectivity index (χ4n) is 1.86. The Balaban J connectivity index is 1.80. The molecule has 9 heteroatoms. The highest BCUT2D eigenvalue weighted by Crippen LogP contribution is 2.09. The standard InChI is InChI=1S/C11H17N5O3S/c17-10(18)8-16-7-9(13-14-16)6-12-11(19)15-2-1-4-20-5-3-15/h7H,1-6,8H2,(H,12,19)(H,17,18). The van der Waals surface area contributed by atoms with E-state index in [-0.39, 0.29) is 19.1 Å². The number of nitrogens with one attached hydrogen (secondary N) is 1. The third-order valence-corrected chi connectivity index (χ3v) is 3.86. The van der Waals surface area contributed by atoms with E-state index in [0.717, 1.165) is 31.0 Å². The summed E-state index contributed by atoms with van der Waals surface area (Å²) >= 11 is 1.86. The number of hydrogen-bond donors (Lipinski definition) is 2. The number of carboxylic acid groups (broad SMARTS) is 1. The number of hydrogen-bond acceptors (Lipinski definition) is 5. The lowest BCUT2D eigenvalue weighted by atomic mass is 10.4. The first-order chi connectivity index (χ1) is 9.65. The van der Waals surface area contributed by atoms with E-state index in [4.69, 9.17) is 5.11 Å². The molecule has 0 spiro atoms. The van der Waals surface area contributed by atoms with E-state index >= 15 is 0 Å². The van der Waals surface area contributed by atoms with Crippen molar-refractivity contribution in [2.45, 2.75) is 19.5 Å². The molecule has 8 nitrogen and oxygen atoms in total. The summed E-state index contributed by atoms with van der Waals surface area (Å²) in [6.07, 6.45) is 2.53. The molecule has 2 heterocycles. The van der Waals surface area contributed by atoms with Crippen molar-refractivity contribution >= 4 is 23.8 Å². The van der Waals surface area contributed by atoms with Gasteiger partial charge in [-0.1, -0.05) is 5.21 Å². The molecule has 0 saturated carbocycles. The van der Waals surface area contributed by atoms with Gasteiger partial charge in [0.05, 0.1) is 12.7 Å². The molecular formula is C11H17N5O3S. The summed E-state index contributed by atoms with van der Waals surface area (Å²) < 4.78 is 1.23. The molecule has 2 amide bonds. The van der Waals surface area contributed by atoms with Crippen LogP contribution in [0.3, 0.4) is 0 Å². The van der Waals surface area contributed by atoms with E-state index < -0.39 is 5.97 Å². The molecule has 0 unspecified atom stereocenters. The van der Waals surface area contributed by atoms with Crippen LogP contribution in [0.4, 0.5) is 4.79 Å². The van der Waals surface area contributed by atoms with Crippen LogP contribution in [0.5, 0.6) is 0 Å². The van der Waals surface area contributed by atoms with Crippen LogP contribution in [0.1, 0.15) is 12.1 Å². The van der Waals surface area contributed by atoms with Crippen LogP contribution in [-0.4, -0.2) is 61.6 Å². The SMILES string of the molecule is O=C(O)Cn1cc(CNC(=O)N2CCCSCC2)nn1. The Kier molecular flexibility index (Phi) is 5.22. The van der Waals surface area contributed by atoms with Crippen molar-refractivity contribution in [3.63, 3.8) is 0 Å². The van der Waals surface area contributed by atoms with Crippen molar-refractivity contribution < 1.29 is 14.7 Å². The number of carbonyl (C=O) groups is 2. The van der Waals surface area contributed by atoms with Gasteiger partial charge in [-0.3, -0.25) is 4.79 Å². The second kappa shape index (κ2) is 7.13. The number of carboxylic acids is 1. The van der Waals surface area contributed by atoms with E-state index in [1.165, 1.54) is 10.9 Å². The van der Waals surface area contributed by atoms with Crippen LogP contribution >= 0.6 is 11.8 Å². The summed E-state index contributed by atoms with van der Waals surface area (Å²) in [5, 5.41) is 18.9. The summed E-state index contributed by atoms with van der Waals surface area (Å²) in [4.78, 5) is 24.3. The van der Waals surface area contributed by atoms with E-state index in [1.807, 2.05) is 11.8 Å². The lowest BCUT2D eigenvalue weighted by Crippen LogP contribution is -2.40. The molecular weight excluding hydrogens is 282 g/mol. The van der Waals surface area contributed by atoms with Gasteiger partial charge in [-0.05, 0) is 12.2 Å². The maximum Gasteiger partial charge on any atom is 0.325 e. The number of urea groups is 1. The topological polar surface area (TPSA) is 100 Å². The first kappa shape index (κ1) is 14.6. The fourth-order valence-corrected chi connectivity index (χ4v) is 2.75. The zero-order chi connectivity index (χ0) is 14.4. The van der Waals surface area contributed by atoms with Gasteiger partial charge in [0, 0.05) is 18.8 Å². The minimum absolute atomic E-state index is 0.111. The zero-order valence-electron chi connectivity index (χ0n) is 11.0. The van der Waals surface area contributed by atoms with Crippen molar-refractivity contribution in [2.75, 3.05) is 24.6 Å². The molecule has 0 aromatic carbocycles. The molecule has 20 heavy (non-hydrogen) atoms. The molecule has 1 aromatic rings. The average molecular weight is 299 g/mol. The third-order valence-electron chi connectivity index (χ3n) is 2.81. The van der Waals surface area contributed by atoms with E-state index in [9.17, 15) is 9.59 Å². The maximum absolute atomic E-state index is 12.0. The Bertz CT molecular complexity index is 470. The van der Waals surface area contributed by atoms with Crippen molar-refractivity contribution in [2.24, 2.45) is 0 Å². The van der Waals surface area contributed by atoms with E-state index in [1.54, 1.807) is 4.90 Å². The lowest BCUT2D eigenvalue weighted by Gasteiger charge is -2.19. The second-order valence-electron chi connectivity index (χ2n) is 4.41. The Hall–Kier alpha value is -1.77. The third kappa shape index (κ3) is 4.41. The van der Waals surface area contributed by atoms with Gasteiger partial charge in [0.1, 0.15) is 12.2 Å². The molecule has 1 aliphatic heterocycles. The van der Waals surface area contributed by atoms with Gasteiger partial charge in [-0.25, -0.2) is 9.48 Å². The van der Waals surface area contributed by atoms with Crippen LogP contribution in [0, 0.1) is 0 Å². The number of rotatable bonds is 4. The predicted octanol–water partition coefficient (Wildman–Crippen LogP) is 0.0112. The normalized spacial score (nSPS) is 15.7. The summed E-state index contributed by atoms with van der Waals surface area (Å²) in [6, 6.07) is -0.111. The van der Waals surface area contributed by atoms with Crippen LogP contribution in [0.25, 0.3) is 0 Å². The highest BCUT2D eigenvalue weighted by atomic mass is 32.2. The molecule has 0 aliphatic carbocycles. The summed E-state index contributed by atoms with van der Waals surface area (Å²) in [5.41, 5.74) is 0.545. The molecule has 0 radical (unpaired) electrons. The molecule has 1 aromatic heterocycles. The highest BCUT2D eigenvalue weighted by molar-refractivity contribution is 7.99. The Morgan fingerprint density at radius 3 is 3.05 bits per heavy atom. The Morgan fingerprint density at radius 2 is 2.25 bits per heavy atom. The van der Waals surface area contributed by atoms with Gasteiger partial charge in [0.15, 0.2) is 0 Å². The molecule has 1 saturated heterocycles. The van der Waals surface area contributed by atoms with Gasteiger partial charge >= 0.3 is 12.0 Å². The van der Waals surface area contributed by atoms with Crippen LogP contribution < -0.4 is 5.32 Å². The average Bonchev–Trinajstić information content (AvgIpc) is 2.67. The van der Waals surface area contributed by atoms with Gasteiger partial charge in [0.25, 0.3) is 0 Å². The van der Waals surface area contributed by atoms with Crippen molar-refractivity contribution in [1.29, 1.82) is 0 Å². The fraction of sp³-hybridized carbons (Fsp3) is 0.636. The minimum Gasteiger partial charge on any atom is -0.480 e. The maximum atomic E-state index is 12.0. The molecule has 110 valence electrons. The highest BCUT2D eigenvalue weighted by Gasteiger charge is 2.15. The molecule has 2 N–H and O–H groups in total. The van der Waals surface area contributed by atoms with Gasteiger partial charge in [0.2, 0.25) is 0 Å². The van der Waals surface area contributed by atoms with Gasteiger partial charge < -0.3 is 15.3 Å². The van der Waals surface area contributed by atoms with Crippen molar-refractivity contribution in [3.8, 4) is 0 Å². The van der Waals surface area contributed by atoms with Gasteiger partial charge in [-0.2, -0.15) is 11.8 Å². The number of aromatic nitrogens is 3. The van der Waals surface area contributed by atoms with Crippen LogP contribution in [-0.2, 0) is 17.9 Å². The monoisotopic (exact) mass is 299 g/mol. The van der Waals surface area contributed by atoms with Crippen molar-refractivity contribution in [1.82, 2.24) is 25.2 Å². The van der Waals surface area contributed by atoms with E-state index in [2.05, 4.69) is 15.6 Å². The summed E-state index contributed by atoms with van der Waals surface area (Å²) in [7, 11) is 0. The Labute approximate surface area is 120 Å². The summed E-state index contributed by atoms with van der Waals surface area (Å²) in [6.45, 7) is 1.54. The number of carbonyl (C=O) groups excluding carboxylic acids is 1. The quantitative estimate of drug-likeness (QED) is 0.812. The number of thioether (sulfide) groups is 1. The number of amides is 2. The molecule has 2 rings (SSSR count). The second-order valence-corrected chi connectivity index (χ2v) is 5.64. The molecule has 0 bridgehead atoms. The van der Waals surface area contributed by atoms with Crippen molar-refractivity contribution in [3.05, 3.63) is 11.9 Å². The molecule has 1 aliphatic rings. The molecule has 1 fully saturated rings. The van der Waals surface area contributed by atoms with Crippen LogP contribution in [0.2, 0.25) is 0 Å². The number of nitrogens with zero attached hydrogens (tertiary/aromatic N) is 4. The smallest absolute Gasteiger partial charge is 0.325 e. The van der Waals surface area contributed by atoms with Gasteiger partial charge in [-0.15, -0.1) is 5.10 Å². The zero-order valence-corrected chi connectivity index (χ0v) is 11.8. The van der Waals surface area contributed by atoms with E-state index in [0.29, 0.717) is 5.69 Å². The molecule has 0 atom stereocenters. The first-order valence-electron chi connectivity index (χ1n) is 6.36. The largest absolute Gasteiger partial charge is 0.480 e. The predicted molar refractivity (Wildman–Crippen MR) is 73.4 cm³/mol. The minimum atomic E-state index is -0.979. The van der Waals surface area contributed by atoms with Crippen LogP contribution in [0.15, 0.2) is 6.20 Å².